The summed E-state index contributed by atoms with van der Waals surface area (Å²) in [6.45, 7) is 2.57. The van der Waals surface area contributed by atoms with Crippen LogP contribution >= 0.6 is 11.8 Å². The molecule has 0 saturated carbocycles. The van der Waals surface area contributed by atoms with Crippen molar-refractivity contribution >= 4 is 23.6 Å². The molecule has 3 atom stereocenters. The first-order valence-electron chi connectivity index (χ1n) is 5.93. The first kappa shape index (κ1) is 12.7. The largest absolute Gasteiger partial charge is 0.480 e. The Balaban J connectivity index is 2.12. The number of nitrogens with zero attached hydrogens (tertiary/aromatic N) is 1. The summed E-state index contributed by atoms with van der Waals surface area (Å²) < 4.78 is 5.35. The predicted molar refractivity (Wildman–Crippen MR) is 63.8 cm³/mol. The number of carboxylic acids is 1. The molecular weight excluding hydrogens is 242 g/mol. The molecule has 0 aliphatic carbocycles. The van der Waals surface area contributed by atoms with Gasteiger partial charge in [-0.1, -0.05) is 6.92 Å². The molecule has 6 heteroatoms. The van der Waals surface area contributed by atoms with E-state index in [-0.39, 0.29) is 11.3 Å². The quantitative estimate of drug-likeness (QED) is 0.816. The molecule has 0 radical (unpaired) electrons. The van der Waals surface area contributed by atoms with Crippen molar-refractivity contribution in [2.75, 3.05) is 12.4 Å². The minimum Gasteiger partial charge on any atom is -0.480 e. The lowest BCUT2D eigenvalue weighted by Crippen LogP contribution is -2.49. The first-order chi connectivity index (χ1) is 8.15. The van der Waals surface area contributed by atoms with Crippen LogP contribution in [0.15, 0.2) is 0 Å². The van der Waals surface area contributed by atoms with Gasteiger partial charge in [-0.3, -0.25) is 4.79 Å². The monoisotopic (exact) mass is 259 g/mol. The van der Waals surface area contributed by atoms with E-state index in [1.165, 1.54) is 4.90 Å². The molecule has 0 aromatic heterocycles. The number of rotatable bonds is 3. The fourth-order valence-corrected chi connectivity index (χ4v) is 3.66. The highest BCUT2D eigenvalue weighted by molar-refractivity contribution is 8.00. The van der Waals surface area contributed by atoms with E-state index >= 15 is 0 Å². The van der Waals surface area contributed by atoms with E-state index in [1.54, 1.807) is 11.8 Å². The van der Waals surface area contributed by atoms with Crippen LogP contribution in [0.4, 0.5) is 0 Å². The number of carbonyl (C=O) groups excluding carboxylic acids is 1. The van der Waals surface area contributed by atoms with Gasteiger partial charge in [0.1, 0.15) is 12.1 Å². The maximum absolute atomic E-state index is 12.3. The van der Waals surface area contributed by atoms with Crippen molar-refractivity contribution < 1.29 is 19.4 Å². The van der Waals surface area contributed by atoms with Gasteiger partial charge in [-0.05, 0) is 19.3 Å². The molecule has 1 amide bonds. The normalized spacial score (nSPS) is 33.0. The van der Waals surface area contributed by atoms with Crippen LogP contribution in [0.5, 0.6) is 0 Å². The van der Waals surface area contributed by atoms with Gasteiger partial charge in [-0.25, -0.2) is 4.79 Å². The Morgan fingerprint density at radius 1 is 1.53 bits per heavy atom. The Morgan fingerprint density at radius 3 is 2.82 bits per heavy atom. The van der Waals surface area contributed by atoms with Crippen molar-refractivity contribution in [3.63, 3.8) is 0 Å². The van der Waals surface area contributed by atoms with E-state index in [1.807, 2.05) is 6.92 Å². The molecule has 2 aliphatic heterocycles. The van der Waals surface area contributed by atoms with Crippen molar-refractivity contribution in [1.29, 1.82) is 0 Å². The maximum atomic E-state index is 12.3. The summed E-state index contributed by atoms with van der Waals surface area (Å²) in [7, 11) is 0. The van der Waals surface area contributed by atoms with Crippen LogP contribution in [0.3, 0.4) is 0 Å². The lowest BCUT2D eigenvalue weighted by Gasteiger charge is -2.28. The molecule has 2 fully saturated rings. The van der Waals surface area contributed by atoms with E-state index in [0.29, 0.717) is 18.8 Å². The Labute approximate surface area is 104 Å². The summed E-state index contributed by atoms with van der Waals surface area (Å²) in [4.78, 5) is 24.9. The summed E-state index contributed by atoms with van der Waals surface area (Å²) in [6, 6.07) is -0.693. The van der Waals surface area contributed by atoms with Crippen LogP contribution in [-0.4, -0.2) is 51.8 Å². The topological polar surface area (TPSA) is 66.8 Å². The third-order valence-electron chi connectivity index (χ3n) is 3.19. The molecule has 5 nitrogen and oxygen atoms in total. The highest BCUT2D eigenvalue weighted by Crippen LogP contribution is 2.33. The molecule has 2 aliphatic rings. The summed E-state index contributed by atoms with van der Waals surface area (Å²) >= 11 is 1.54. The van der Waals surface area contributed by atoms with E-state index in [2.05, 4.69) is 0 Å². The second-order valence-electron chi connectivity index (χ2n) is 4.30. The molecule has 2 heterocycles. The van der Waals surface area contributed by atoms with Crippen molar-refractivity contribution in [2.45, 2.75) is 43.7 Å². The van der Waals surface area contributed by atoms with Crippen LogP contribution in [0, 0.1) is 0 Å². The third-order valence-corrected chi connectivity index (χ3v) is 4.64. The zero-order chi connectivity index (χ0) is 12.4. The number of thioether (sulfide) groups is 1. The standard InChI is InChI=1S/C11H17NO4S/c1-2-9-12(7(6-17-9)11(14)15)10(13)8-4-3-5-16-8/h7-9H,2-6H2,1H3,(H,14,15)/t7?,8-,9?/m1/s1. The van der Waals surface area contributed by atoms with Gasteiger partial charge < -0.3 is 14.7 Å². The van der Waals surface area contributed by atoms with Crippen LogP contribution in [0.1, 0.15) is 26.2 Å². The van der Waals surface area contributed by atoms with Gasteiger partial charge in [-0.2, -0.15) is 0 Å². The van der Waals surface area contributed by atoms with E-state index < -0.39 is 18.1 Å². The third kappa shape index (κ3) is 2.42. The van der Waals surface area contributed by atoms with Gasteiger partial charge in [-0.15, -0.1) is 11.8 Å². The zero-order valence-corrected chi connectivity index (χ0v) is 10.6. The van der Waals surface area contributed by atoms with Gasteiger partial charge in [0, 0.05) is 12.4 Å². The van der Waals surface area contributed by atoms with Crippen molar-refractivity contribution in [2.24, 2.45) is 0 Å². The van der Waals surface area contributed by atoms with Crippen molar-refractivity contribution in [3.05, 3.63) is 0 Å². The summed E-state index contributed by atoms with van der Waals surface area (Å²) in [6.07, 6.45) is 1.94. The van der Waals surface area contributed by atoms with Crippen LogP contribution in [0.25, 0.3) is 0 Å². The van der Waals surface area contributed by atoms with E-state index in [4.69, 9.17) is 9.84 Å². The van der Waals surface area contributed by atoms with E-state index in [0.717, 1.165) is 12.8 Å². The average molecular weight is 259 g/mol. The number of hydrogen-bond donors (Lipinski definition) is 1. The zero-order valence-electron chi connectivity index (χ0n) is 9.80. The van der Waals surface area contributed by atoms with E-state index in [9.17, 15) is 9.59 Å². The molecule has 17 heavy (non-hydrogen) atoms. The summed E-state index contributed by atoms with van der Waals surface area (Å²) in [5.74, 6) is -0.585. The predicted octanol–water partition coefficient (Wildman–Crippen LogP) is 0.930. The molecule has 96 valence electrons. The second-order valence-corrected chi connectivity index (χ2v) is 5.51. The molecule has 2 rings (SSSR count). The fraction of sp³-hybridized carbons (Fsp3) is 0.818. The lowest BCUT2D eigenvalue weighted by molar-refractivity contribution is -0.153. The number of amides is 1. The minimum atomic E-state index is -0.917. The van der Waals surface area contributed by atoms with Gasteiger partial charge in [0.25, 0.3) is 5.91 Å². The summed E-state index contributed by atoms with van der Waals surface area (Å²) in [5, 5.41) is 9.12. The Hall–Kier alpha value is -0.750. The lowest BCUT2D eigenvalue weighted by atomic mass is 10.1. The Morgan fingerprint density at radius 2 is 2.29 bits per heavy atom. The molecule has 2 saturated heterocycles. The molecule has 2 unspecified atom stereocenters. The highest BCUT2D eigenvalue weighted by atomic mass is 32.2. The smallest absolute Gasteiger partial charge is 0.327 e. The number of carbonyl (C=O) groups is 2. The fourth-order valence-electron chi connectivity index (χ4n) is 2.30. The van der Waals surface area contributed by atoms with Gasteiger partial charge >= 0.3 is 5.97 Å². The molecule has 0 bridgehead atoms. The van der Waals surface area contributed by atoms with Crippen LogP contribution < -0.4 is 0 Å². The average Bonchev–Trinajstić information content (AvgIpc) is 2.96. The SMILES string of the molecule is CCC1SCC(C(=O)O)N1C(=O)[C@H]1CCCO1. The minimum absolute atomic E-state index is 0.0206. The molecule has 0 spiro atoms. The maximum Gasteiger partial charge on any atom is 0.327 e. The van der Waals surface area contributed by atoms with Crippen LogP contribution in [0.2, 0.25) is 0 Å². The number of hydrogen-bond acceptors (Lipinski definition) is 4. The number of ether oxygens (including phenoxy) is 1. The Bertz CT molecular complexity index is 317. The number of aliphatic carboxylic acids is 1. The highest BCUT2D eigenvalue weighted by Gasteiger charge is 2.43. The van der Waals surface area contributed by atoms with Crippen molar-refractivity contribution in [1.82, 2.24) is 4.90 Å². The van der Waals surface area contributed by atoms with Gasteiger partial charge in [0.05, 0.1) is 5.37 Å². The summed E-state index contributed by atoms with van der Waals surface area (Å²) in [5.41, 5.74) is 0. The molecular formula is C11H17NO4S. The van der Waals surface area contributed by atoms with Crippen LogP contribution in [-0.2, 0) is 14.3 Å². The molecule has 1 N–H and O–H groups in total. The Kier molecular flexibility index (Phi) is 3.93. The van der Waals surface area contributed by atoms with Crippen molar-refractivity contribution in [3.8, 4) is 0 Å². The second kappa shape index (κ2) is 5.27. The van der Waals surface area contributed by atoms with Gasteiger partial charge in [0.15, 0.2) is 0 Å². The van der Waals surface area contributed by atoms with Gasteiger partial charge in [0.2, 0.25) is 0 Å². The molecule has 0 aromatic rings. The number of carboxylic acid groups (broad SMARTS) is 1. The first-order valence-corrected chi connectivity index (χ1v) is 6.98. The molecule has 0 aromatic carbocycles.